The minimum absolute atomic E-state index is 0.0135. The van der Waals surface area contributed by atoms with E-state index in [1.165, 1.54) is 12.1 Å². The number of carboxylic acid groups (broad SMARTS) is 1. The molecule has 0 saturated carbocycles. The number of carbonyl (C=O) groups is 3. The molecular formula is C24H16Cl3N3O4S. The van der Waals surface area contributed by atoms with Crippen molar-refractivity contribution in [1.29, 1.82) is 0 Å². The summed E-state index contributed by atoms with van der Waals surface area (Å²) in [7, 11) is 0. The van der Waals surface area contributed by atoms with Crippen molar-refractivity contribution in [2.45, 2.75) is 13.8 Å². The number of amides is 2. The maximum atomic E-state index is 13.4. The van der Waals surface area contributed by atoms with Gasteiger partial charge in [0.15, 0.2) is 5.11 Å². The molecule has 0 radical (unpaired) electrons. The van der Waals surface area contributed by atoms with Gasteiger partial charge in [0.25, 0.3) is 11.8 Å². The van der Waals surface area contributed by atoms with Crippen molar-refractivity contribution in [1.82, 2.24) is 9.88 Å². The Morgan fingerprint density at radius 3 is 2.43 bits per heavy atom. The number of nitrogens with zero attached hydrogens (tertiary/aromatic N) is 2. The zero-order valence-electron chi connectivity index (χ0n) is 18.2. The van der Waals surface area contributed by atoms with Gasteiger partial charge in [-0.3, -0.25) is 19.8 Å². The van der Waals surface area contributed by atoms with Gasteiger partial charge in [-0.05, 0) is 74.1 Å². The smallest absolute Gasteiger partial charge is 0.337 e. The van der Waals surface area contributed by atoms with Gasteiger partial charge in [-0.25, -0.2) is 4.79 Å². The summed E-state index contributed by atoms with van der Waals surface area (Å²) in [6.07, 6.45) is 1.47. The van der Waals surface area contributed by atoms with Crippen LogP contribution in [-0.4, -0.2) is 32.6 Å². The van der Waals surface area contributed by atoms with E-state index in [1.807, 2.05) is 11.5 Å². The first-order valence-corrected chi connectivity index (χ1v) is 11.6. The average Bonchev–Trinajstić information content (AvgIpc) is 3.06. The third-order valence-electron chi connectivity index (χ3n) is 5.49. The average molecular weight is 549 g/mol. The minimum atomic E-state index is -1.13. The highest BCUT2D eigenvalue weighted by Crippen LogP contribution is 2.35. The SMILES string of the molecule is Cc1cc(C=C2C(=O)NC(=S)N(c3cccc(Cl)c3Cl)C2=O)c(C)n1-c1ccc(C(=O)O)c(Cl)c1. The fourth-order valence-electron chi connectivity index (χ4n) is 3.84. The molecular weight excluding hydrogens is 533 g/mol. The summed E-state index contributed by atoms with van der Waals surface area (Å²) in [4.78, 5) is 38.5. The third kappa shape index (κ3) is 4.46. The molecule has 0 aliphatic carbocycles. The highest BCUT2D eigenvalue weighted by molar-refractivity contribution is 7.80. The molecule has 2 aromatic carbocycles. The maximum Gasteiger partial charge on any atom is 0.337 e. The molecule has 1 aliphatic rings. The van der Waals surface area contributed by atoms with Crippen LogP contribution in [-0.2, 0) is 9.59 Å². The van der Waals surface area contributed by atoms with Crippen molar-refractivity contribution in [2.75, 3.05) is 4.90 Å². The molecule has 3 aromatic rings. The molecule has 35 heavy (non-hydrogen) atoms. The highest BCUT2D eigenvalue weighted by Gasteiger charge is 2.36. The Hall–Kier alpha value is -3.17. The lowest BCUT2D eigenvalue weighted by atomic mass is 10.1. The Labute approximate surface area is 220 Å². The first-order chi connectivity index (χ1) is 16.5. The summed E-state index contributed by atoms with van der Waals surface area (Å²) >= 11 is 23.8. The number of aromatic nitrogens is 1. The standard InChI is InChI=1S/C24H16Cl3N3O4S/c1-11-8-13(12(2)29(11)14-6-7-15(23(33)34)18(26)10-14)9-16-21(31)28-24(35)30(22(16)32)19-5-3-4-17(25)20(19)27/h3-10H,1-2H3,(H,33,34)(H,28,31,35). The van der Waals surface area contributed by atoms with E-state index in [9.17, 15) is 19.5 Å². The summed E-state index contributed by atoms with van der Waals surface area (Å²) in [6.45, 7) is 3.64. The monoisotopic (exact) mass is 547 g/mol. The zero-order valence-corrected chi connectivity index (χ0v) is 21.3. The van der Waals surface area contributed by atoms with Crippen LogP contribution < -0.4 is 10.2 Å². The number of hydrogen-bond donors (Lipinski definition) is 2. The van der Waals surface area contributed by atoms with Crippen LogP contribution >= 0.6 is 47.0 Å². The first kappa shape index (κ1) is 24.9. The van der Waals surface area contributed by atoms with Crippen LogP contribution in [0.1, 0.15) is 27.3 Å². The summed E-state index contributed by atoms with van der Waals surface area (Å²) in [5.74, 6) is -2.42. The van der Waals surface area contributed by atoms with E-state index in [-0.39, 0.29) is 37.0 Å². The Balaban J connectivity index is 1.78. The van der Waals surface area contributed by atoms with Gasteiger partial charge in [-0.1, -0.05) is 40.9 Å². The van der Waals surface area contributed by atoms with Crippen molar-refractivity contribution in [2.24, 2.45) is 0 Å². The molecule has 1 fully saturated rings. The molecule has 0 bridgehead atoms. The second-order valence-corrected chi connectivity index (χ2v) is 9.24. The van der Waals surface area contributed by atoms with Crippen LogP contribution in [0.4, 0.5) is 5.69 Å². The Morgan fingerprint density at radius 2 is 1.77 bits per heavy atom. The predicted molar refractivity (Wildman–Crippen MR) is 140 cm³/mol. The molecule has 11 heteroatoms. The summed E-state index contributed by atoms with van der Waals surface area (Å²) in [6, 6.07) is 11.2. The van der Waals surface area contributed by atoms with Crippen LogP contribution in [0.25, 0.3) is 11.8 Å². The number of aromatic carboxylic acids is 1. The molecule has 2 amide bonds. The van der Waals surface area contributed by atoms with Crippen LogP contribution in [0.3, 0.4) is 0 Å². The van der Waals surface area contributed by atoms with Gasteiger partial charge in [0, 0.05) is 17.1 Å². The van der Waals surface area contributed by atoms with Crippen molar-refractivity contribution in [3.63, 3.8) is 0 Å². The fraction of sp³-hybridized carbons (Fsp3) is 0.0833. The molecule has 0 atom stereocenters. The van der Waals surface area contributed by atoms with Crippen LogP contribution in [0, 0.1) is 13.8 Å². The predicted octanol–water partition coefficient (Wildman–Crippen LogP) is 5.58. The van der Waals surface area contributed by atoms with Crippen molar-refractivity contribution in [3.05, 3.63) is 85.6 Å². The quantitative estimate of drug-likeness (QED) is 0.252. The molecule has 0 spiro atoms. The van der Waals surface area contributed by atoms with Crippen molar-refractivity contribution in [3.8, 4) is 5.69 Å². The Kier molecular flexibility index (Phi) is 6.75. The fourth-order valence-corrected chi connectivity index (χ4v) is 4.75. The summed E-state index contributed by atoms with van der Waals surface area (Å²) in [5, 5.41) is 12.1. The van der Waals surface area contributed by atoms with Gasteiger partial charge in [0.05, 0.1) is 26.3 Å². The highest BCUT2D eigenvalue weighted by atomic mass is 35.5. The van der Waals surface area contributed by atoms with E-state index < -0.39 is 17.8 Å². The number of thiocarbonyl (C=S) groups is 1. The number of aryl methyl sites for hydroxylation is 1. The zero-order chi connectivity index (χ0) is 25.6. The van der Waals surface area contributed by atoms with E-state index in [4.69, 9.17) is 47.0 Å². The van der Waals surface area contributed by atoms with E-state index in [2.05, 4.69) is 5.32 Å². The van der Waals surface area contributed by atoms with Crippen molar-refractivity contribution >= 4 is 81.7 Å². The normalized spacial score (nSPS) is 15.1. The third-order valence-corrected chi connectivity index (χ3v) is 6.89. The number of anilines is 1. The van der Waals surface area contributed by atoms with Crippen LogP contribution in [0.5, 0.6) is 0 Å². The van der Waals surface area contributed by atoms with E-state index >= 15 is 0 Å². The number of rotatable bonds is 4. The molecule has 178 valence electrons. The second-order valence-electron chi connectivity index (χ2n) is 7.66. The maximum absolute atomic E-state index is 13.4. The lowest BCUT2D eigenvalue weighted by Gasteiger charge is -2.29. The number of nitrogens with one attached hydrogen (secondary N) is 1. The molecule has 1 aliphatic heterocycles. The van der Waals surface area contributed by atoms with E-state index in [0.717, 1.165) is 10.6 Å². The van der Waals surface area contributed by atoms with Crippen molar-refractivity contribution < 1.29 is 19.5 Å². The van der Waals surface area contributed by atoms with Gasteiger partial charge in [-0.15, -0.1) is 0 Å². The summed E-state index contributed by atoms with van der Waals surface area (Å²) < 4.78 is 1.84. The van der Waals surface area contributed by atoms with E-state index in [1.54, 1.807) is 43.3 Å². The Bertz CT molecular complexity index is 1480. The van der Waals surface area contributed by atoms with Gasteiger partial charge >= 0.3 is 5.97 Å². The molecule has 1 aromatic heterocycles. The largest absolute Gasteiger partial charge is 0.478 e. The molecule has 7 nitrogen and oxygen atoms in total. The van der Waals surface area contributed by atoms with Crippen LogP contribution in [0.15, 0.2) is 48.0 Å². The van der Waals surface area contributed by atoms with Gasteiger partial charge in [0.1, 0.15) is 5.57 Å². The topological polar surface area (TPSA) is 91.6 Å². The number of hydrogen-bond acceptors (Lipinski definition) is 4. The number of carboxylic acids is 1. The van der Waals surface area contributed by atoms with Crippen LogP contribution in [0.2, 0.25) is 15.1 Å². The summed E-state index contributed by atoms with van der Waals surface area (Å²) in [5.41, 5.74) is 2.81. The lowest BCUT2D eigenvalue weighted by Crippen LogP contribution is -2.54. The van der Waals surface area contributed by atoms with Gasteiger partial charge in [0.2, 0.25) is 0 Å². The molecule has 1 saturated heterocycles. The number of benzene rings is 2. The molecule has 2 N–H and O–H groups in total. The molecule has 2 heterocycles. The lowest BCUT2D eigenvalue weighted by molar-refractivity contribution is -0.122. The van der Waals surface area contributed by atoms with E-state index in [0.29, 0.717) is 16.9 Å². The number of carbonyl (C=O) groups excluding carboxylic acids is 2. The molecule has 0 unspecified atom stereocenters. The van der Waals surface area contributed by atoms with Gasteiger partial charge < -0.3 is 9.67 Å². The first-order valence-electron chi connectivity index (χ1n) is 10.1. The van der Waals surface area contributed by atoms with Gasteiger partial charge in [-0.2, -0.15) is 0 Å². The molecule has 4 rings (SSSR count). The second kappa shape index (κ2) is 9.47. The number of halogens is 3. The minimum Gasteiger partial charge on any atom is -0.478 e. The Morgan fingerprint density at radius 1 is 1.06 bits per heavy atom.